The standard InChI is InChI=1S/C16H13N5O6S.Na/c1-19(11-7-9-12(10-8-11)21(24)25)15(22)14-16(23)20(18-17-14)28(26,27)13-5-3-2-4-6-13;/h2-10,22H,1H3;/q;+1/p-1. The van der Waals surface area contributed by atoms with E-state index >= 15 is 0 Å². The van der Waals surface area contributed by atoms with Gasteiger partial charge in [-0.2, -0.15) is 8.42 Å². The predicted molar refractivity (Wildman–Crippen MR) is 93.9 cm³/mol. The van der Waals surface area contributed by atoms with E-state index in [2.05, 4.69) is 10.3 Å². The van der Waals surface area contributed by atoms with Gasteiger partial charge in [0, 0.05) is 24.9 Å². The molecule has 0 atom stereocenters. The Morgan fingerprint density at radius 3 is 2.24 bits per heavy atom. The van der Waals surface area contributed by atoms with Gasteiger partial charge in [-0.15, -0.1) is 5.11 Å². The summed E-state index contributed by atoms with van der Waals surface area (Å²) in [6.45, 7) is 0. The minimum atomic E-state index is -4.30. The topological polar surface area (TPSA) is 149 Å². The Morgan fingerprint density at radius 1 is 1.10 bits per heavy atom. The van der Waals surface area contributed by atoms with Gasteiger partial charge in [-0.25, -0.2) is 0 Å². The van der Waals surface area contributed by atoms with E-state index in [9.17, 15) is 28.4 Å². The molecular formula is C16H12N5NaO6S. The number of hydrogen-bond acceptors (Lipinski definition) is 9. The molecule has 3 rings (SSSR count). The van der Waals surface area contributed by atoms with Crippen molar-refractivity contribution in [2.45, 2.75) is 4.90 Å². The van der Waals surface area contributed by atoms with Crippen LogP contribution in [0.3, 0.4) is 0 Å². The number of anilines is 1. The molecule has 1 amide bonds. The molecule has 0 radical (unpaired) electrons. The van der Waals surface area contributed by atoms with Gasteiger partial charge in [-0.1, -0.05) is 22.6 Å². The molecule has 0 spiro atoms. The molecule has 0 aromatic heterocycles. The number of sulfonamides is 1. The van der Waals surface area contributed by atoms with E-state index in [1.165, 1.54) is 55.6 Å². The van der Waals surface area contributed by atoms with Gasteiger partial charge in [0.15, 0.2) is 5.70 Å². The van der Waals surface area contributed by atoms with Crippen LogP contribution >= 0.6 is 0 Å². The minimum Gasteiger partial charge on any atom is -0.858 e. The summed E-state index contributed by atoms with van der Waals surface area (Å²) in [4.78, 5) is 23.4. The van der Waals surface area contributed by atoms with Crippen LogP contribution in [0.5, 0.6) is 0 Å². The maximum absolute atomic E-state index is 12.5. The van der Waals surface area contributed by atoms with Crippen LogP contribution < -0.4 is 39.6 Å². The molecule has 0 bridgehead atoms. The van der Waals surface area contributed by atoms with Gasteiger partial charge in [0.1, 0.15) is 0 Å². The third kappa shape index (κ3) is 4.29. The number of benzene rings is 2. The molecule has 0 saturated carbocycles. The van der Waals surface area contributed by atoms with E-state index in [4.69, 9.17) is 0 Å². The van der Waals surface area contributed by atoms with Crippen LogP contribution in [0.4, 0.5) is 11.4 Å². The second kappa shape index (κ2) is 8.69. The molecule has 1 aliphatic rings. The number of nitrogens with zero attached hydrogens (tertiary/aromatic N) is 5. The summed E-state index contributed by atoms with van der Waals surface area (Å²) in [6, 6.07) is 12.1. The molecule has 0 fully saturated rings. The fraction of sp³-hybridized carbons (Fsp3) is 0.0625. The van der Waals surface area contributed by atoms with E-state index in [0.29, 0.717) is 0 Å². The third-order valence-electron chi connectivity index (χ3n) is 3.83. The van der Waals surface area contributed by atoms with E-state index < -0.39 is 32.4 Å². The van der Waals surface area contributed by atoms with Crippen molar-refractivity contribution in [1.82, 2.24) is 4.41 Å². The average Bonchev–Trinajstić information content (AvgIpc) is 3.09. The molecule has 13 heteroatoms. The number of hydrogen-bond donors (Lipinski definition) is 0. The maximum Gasteiger partial charge on any atom is 1.00 e. The number of carbonyl (C=O) groups is 1. The van der Waals surface area contributed by atoms with Crippen molar-refractivity contribution in [3.8, 4) is 0 Å². The Morgan fingerprint density at radius 2 is 1.69 bits per heavy atom. The number of rotatable bonds is 5. The summed E-state index contributed by atoms with van der Waals surface area (Å²) < 4.78 is 25.2. The fourth-order valence-corrected chi connectivity index (χ4v) is 3.46. The van der Waals surface area contributed by atoms with Crippen LogP contribution in [0, 0.1) is 10.1 Å². The van der Waals surface area contributed by atoms with Crippen molar-refractivity contribution >= 4 is 27.3 Å². The SMILES string of the molecule is CN(C([O-])=C1N=NN(S(=O)(=O)c2ccccc2)C1=O)c1ccc([N+](=O)[O-])cc1.[Na+]. The van der Waals surface area contributed by atoms with Crippen LogP contribution in [0.25, 0.3) is 0 Å². The van der Waals surface area contributed by atoms with E-state index in [-0.39, 0.29) is 50.2 Å². The average molecular weight is 425 g/mol. The second-order valence-electron chi connectivity index (χ2n) is 5.54. The monoisotopic (exact) mass is 425 g/mol. The van der Waals surface area contributed by atoms with Crippen molar-refractivity contribution in [2.75, 3.05) is 11.9 Å². The minimum absolute atomic E-state index is 0. The van der Waals surface area contributed by atoms with Crippen molar-refractivity contribution in [3.63, 3.8) is 0 Å². The molecule has 1 heterocycles. The van der Waals surface area contributed by atoms with Crippen molar-refractivity contribution in [3.05, 3.63) is 76.3 Å². The Balaban J connectivity index is 0.00000300. The molecule has 0 saturated heterocycles. The van der Waals surface area contributed by atoms with Crippen LogP contribution in [0.1, 0.15) is 0 Å². The summed E-state index contributed by atoms with van der Waals surface area (Å²) in [5.74, 6) is -2.10. The van der Waals surface area contributed by atoms with Crippen molar-refractivity contribution in [2.24, 2.45) is 10.3 Å². The van der Waals surface area contributed by atoms with Crippen LogP contribution in [-0.4, -0.2) is 30.7 Å². The Labute approximate surface area is 187 Å². The van der Waals surface area contributed by atoms with Gasteiger partial charge in [0.2, 0.25) is 0 Å². The van der Waals surface area contributed by atoms with Crippen LogP contribution in [0.2, 0.25) is 0 Å². The molecule has 0 N–H and O–H groups in total. The number of non-ortho nitro benzene ring substituents is 1. The molecule has 2 aromatic carbocycles. The zero-order chi connectivity index (χ0) is 20.5. The first kappa shape index (κ1) is 22.5. The van der Waals surface area contributed by atoms with E-state index in [1.54, 1.807) is 6.07 Å². The van der Waals surface area contributed by atoms with Crippen LogP contribution in [0.15, 0.2) is 81.4 Å². The summed E-state index contributed by atoms with van der Waals surface area (Å²) in [5.41, 5.74) is -0.621. The number of amides is 1. The zero-order valence-corrected chi connectivity index (χ0v) is 18.1. The van der Waals surface area contributed by atoms with Crippen LogP contribution in [-0.2, 0) is 14.8 Å². The Kier molecular flexibility index (Phi) is 6.74. The molecule has 29 heavy (non-hydrogen) atoms. The maximum atomic E-state index is 12.5. The molecular weight excluding hydrogens is 413 g/mol. The smallest absolute Gasteiger partial charge is 0.858 e. The molecule has 1 aliphatic heterocycles. The van der Waals surface area contributed by atoms with Gasteiger partial charge in [-0.3, -0.25) is 14.9 Å². The Bertz CT molecular complexity index is 1100. The van der Waals surface area contributed by atoms with Gasteiger partial charge >= 0.3 is 35.5 Å². The number of carbonyl (C=O) groups excluding carboxylic acids is 1. The Hall–Kier alpha value is -2.80. The molecule has 0 unspecified atom stereocenters. The predicted octanol–water partition coefficient (Wildman–Crippen LogP) is -1.84. The second-order valence-corrected chi connectivity index (χ2v) is 7.31. The van der Waals surface area contributed by atoms with E-state index in [1.807, 2.05) is 0 Å². The van der Waals surface area contributed by atoms with Gasteiger partial charge in [-0.05, 0) is 35.4 Å². The van der Waals surface area contributed by atoms with Gasteiger partial charge < -0.3 is 10.0 Å². The third-order valence-corrected chi connectivity index (χ3v) is 5.39. The van der Waals surface area contributed by atoms with E-state index in [0.717, 1.165) is 4.90 Å². The summed E-state index contributed by atoms with van der Waals surface area (Å²) >= 11 is 0. The van der Waals surface area contributed by atoms with Crippen molar-refractivity contribution in [1.29, 1.82) is 0 Å². The number of nitro groups is 1. The fourth-order valence-electron chi connectivity index (χ4n) is 2.32. The van der Waals surface area contributed by atoms with Gasteiger partial charge in [0.25, 0.3) is 15.7 Å². The molecule has 0 aliphatic carbocycles. The number of nitro benzene ring substituents is 1. The first-order chi connectivity index (χ1) is 13.2. The summed E-state index contributed by atoms with van der Waals surface area (Å²) in [7, 11) is -2.99. The summed E-state index contributed by atoms with van der Waals surface area (Å²) in [5, 5.41) is 30.0. The quantitative estimate of drug-likeness (QED) is 0.180. The molecule has 11 nitrogen and oxygen atoms in total. The summed E-state index contributed by atoms with van der Waals surface area (Å²) in [6.07, 6.45) is 0. The normalized spacial score (nSPS) is 15.1. The molecule has 144 valence electrons. The largest absolute Gasteiger partial charge is 1.00 e. The first-order valence-electron chi connectivity index (χ1n) is 7.69. The zero-order valence-electron chi connectivity index (χ0n) is 15.3. The molecule has 2 aromatic rings. The van der Waals surface area contributed by atoms with Gasteiger partial charge in [0.05, 0.1) is 9.82 Å². The van der Waals surface area contributed by atoms with Crippen molar-refractivity contribution < 1.29 is 52.8 Å². The first-order valence-corrected chi connectivity index (χ1v) is 9.13.